The molecule has 5 nitrogen and oxygen atoms in total. The van der Waals surface area contributed by atoms with Gasteiger partial charge in [0.05, 0.1) is 10.9 Å². The third-order valence-corrected chi connectivity index (χ3v) is 5.67. The van der Waals surface area contributed by atoms with Crippen LogP contribution in [0.4, 0.5) is 5.69 Å². The third kappa shape index (κ3) is 5.44. The van der Waals surface area contributed by atoms with Crippen LogP contribution >= 0.6 is 11.6 Å². The summed E-state index contributed by atoms with van der Waals surface area (Å²) in [6.45, 7) is 2.00. The van der Waals surface area contributed by atoms with Gasteiger partial charge in [-0.15, -0.1) is 0 Å². The minimum absolute atomic E-state index is 0.162. The van der Waals surface area contributed by atoms with Crippen LogP contribution < -0.4 is 15.5 Å². The van der Waals surface area contributed by atoms with Crippen LogP contribution in [0.5, 0.6) is 5.75 Å². The van der Waals surface area contributed by atoms with Crippen LogP contribution in [-0.2, 0) is 11.2 Å². The van der Waals surface area contributed by atoms with Gasteiger partial charge in [0.2, 0.25) is 5.43 Å². The summed E-state index contributed by atoms with van der Waals surface area (Å²) in [6.07, 6.45) is 4.72. The minimum Gasteiger partial charge on any atom is -0.484 e. The molecule has 0 aliphatic rings. The number of aryl methyl sites for hydroxylation is 1. The van der Waals surface area contributed by atoms with E-state index < -0.39 is 0 Å². The first-order chi connectivity index (χ1) is 16.0. The summed E-state index contributed by atoms with van der Waals surface area (Å²) in [5, 5.41) is 3.71. The Hall–Kier alpha value is -3.57. The molecule has 1 N–H and O–H groups in total. The zero-order valence-corrected chi connectivity index (χ0v) is 19.0. The molecule has 0 aliphatic heterocycles. The average Bonchev–Trinajstić information content (AvgIpc) is 2.83. The highest BCUT2D eigenvalue weighted by Crippen LogP contribution is 2.28. The lowest BCUT2D eigenvalue weighted by Crippen LogP contribution is -2.20. The lowest BCUT2D eigenvalue weighted by molar-refractivity contribution is -0.118. The molecule has 1 heterocycles. The highest BCUT2D eigenvalue weighted by molar-refractivity contribution is 6.33. The van der Waals surface area contributed by atoms with Crippen LogP contribution in [0.25, 0.3) is 22.1 Å². The van der Waals surface area contributed by atoms with Crippen molar-refractivity contribution in [2.45, 2.75) is 26.2 Å². The van der Waals surface area contributed by atoms with Gasteiger partial charge < -0.3 is 14.5 Å². The predicted molar refractivity (Wildman–Crippen MR) is 132 cm³/mol. The van der Waals surface area contributed by atoms with E-state index in [0.29, 0.717) is 32.9 Å². The Morgan fingerprint density at radius 2 is 1.82 bits per heavy atom. The quantitative estimate of drug-likeness (QED) is 0.326. The van der Waals surface area contributed by atoms with Crippen molar-refractivity contribution in [1.82, 2.24) is 0 Å². The maximum absolute atomic E-state index is 12.9. The molecule has 1 amide bonds. The van der Waals surface area contributed by atoms with E-state index in [-0.39, 0.29) is 17.9 Å². The number of anilines is 1. The van der Waals surface area contributed by atoms with Gasteiger partial charge in [-0.25, -0.2) is 0 Å². The predicted octanol–water partition coefficient (Wildman–Crippen LogP) is 6.47. The number of fused-ring (bicyclic) bond motifs is 1. The summed E-state index contributed by atoms with van der Waals surface area (Å²) in [4.78, 5) is 25.2. The van der Waals surface area contributed by atoms with Gasteiger partial charge in [0, 0.05) is 22.3 Å². The highest BCUT2D eigenvalue weighted by Gasteiger charge is 2.13. The lowest BCUT2D eigenvalue weighted by atomic mass is 10.1. The van der Waals surface area contributed by atoms with Gasteiger partial charge in [0.25, 0.3) is 5.91 Å². The first kappa shape index (κ1) is 22.6. The Kier molecular flexibility index (Phi) is 7.10. The summed E-state index contributed by atoms with van der Waals surface area (Å²) in [5.74, 6) is 0.160. The van der Waals surface area contributed by atoms with Crippen LogP contribution in [-0.4, -0.2) is 12.5 Å². The standard InChI is InChI=1S/C27H24ClNO4/c1-2-3-6-18-9-11-19(12-10-18)29-26(30)17-32-20-13-14-22-25(15-20)33-16-23(27(22)31)21-7-4-5-8-24(21)28/h4-5,7-16H,2-3,6,17H2,1H3,(H,29,30). The Bertz CT molecular complexity index is 1330. The molecule has 0 saturated carbocycles. The van der Waals surface area contributed by atoms with Crippen molar-refractivity contribution in [3.8, 4) is 16.9 Å². The first-order valence-corrected chi connectivity index (χ1v) is 11.2. The van der Waals surface area contributed by atoms with Crippen molar-refractivity contribution in [1.29, 1.82) is 0 Å². The lowest BCUT2D eigenvalue weighted by Gasteiger charge is -2.09. The second-order valence-electron chi connectivity index (χ2n) is 7.75. The number of benzene rings is 3. The van der Waals surface area contributed by atoms with Gasteiger partial charge in [-0.3, -0.25) is 9.59 Å². The molecule has 0 spiro atoms. The molecule has 0 atom stereocenters. The van der Waals surface area contributed by atoms with Crippen LogP contribution in [0, 0.1) is 0 Å². The molecule has 1 aromatic heterocycles. The number of amides is 1. The number of carbonyl (C=O) groups excluding carboxylic acids is 1. The van der Waals surface area contributed by atoms with Crippen molar-refractivity contribution in [2.24, 2.45) is 0 Å². The Balaban J connectivity index is 1.42. The molecule has 0 radical (unpaired) electrons. The molecule has 0 bridgehead atoms. The van der Waals surface area contributed by atoms with E-state index >= 15 is 0 Å². The van der Waals surface area contributed by atoms with Crippen molar-refractivity contribution in [2.75, 3.05) is 11.9 Å². The second kappa shape index (κ2) is 10.4. The zero-order chi connectivity index (χ0) is 23.2. The molecular formula is C27H24ClNO4. The molecule has 4 aromatic rings. The summed E-state index contributed by atoms with van der Waals surface area (Å²) in [6, 6.07) is 19.8. The molecular weight excluding hydrogens is 438 g/mol. The Morgan fingerprint density at radius 3 is 2.58 bits per heavy atom. The number of ether oxygens (including phenoxy) is 1. The van der Waals surface area contributed by atoms with Gasteiger partial charge >= 0.3 is 0 Å². The topological polar surface area (TPSA) is 68.5 Å². The maximum atomic E-state index is 12.9. The number of hydrogen-bond acceptors (Lipinski definition) is 4. The maximum Gasteiger partial charge on any atom is 0.262 e. The monoisotopic (exact) mass is 461 g/mol. The van der Waals surface area contributed by atoms with E-state index in [1.807, 2.05) is 30.3 Å². The SMILES string of the molecule is CCCCc1ccc(NC(=O)COc2ccc3c(=O)c(-c4ccccc4Cl)coc3c2)cc1. The van der Waals surface area contributed by atoms with Gasteiger partial charge in [-0.1, -0.05) is 55.3 Å². The highest BCUT2D eigenvalue weighted by atomic mass is 35.5. The normalized spacial score (nSPS) is 10.8. The van der Waals surface area contributed by atoms with E-state index in [4.69, 9.17) is 20.8 Å². The minimum atomic E-state index is -0.271. The van der Waals surface area contributed by atoms with E-state index in [1.54, 1.807) is 36.4 Å². The van der Waals surface area contributed by atoms with E-state index in [1.165, 1.54) is 11.8 Å². The van der Waals surface area contributed by atoms with Gasteiger partial charge in [0.1, 0.15) is 17.6 Å². The fourth-order valence-corrected chi connectivity index (χ4v) is 3.78. The summed E-state index contributed by atoms with van der Waals surface area (Å²) in [7, 11) is 0. The molecule has 3 aromatic carbocycles. The fourth-order valence-electron chi connectivity index (χ4n) is 3.55. The van der Waals surface area contributed by atoms with Crippen LogP contribution in [0.1, 0.15) is 25.3 Å². The second-order valence-corrected chi connectivity index (χ2v) is 8.16. The molecule has 6 heteroatoms. The largest absolute Gasteiger partial charge is 0.484 e. The zero-order valence-electron chi connectivity index (χ0n) is 18.3. The first-order valence-electron chi connectivity index (χ1n) is 10.9. The van der Waals surface area contributed by atoms with Gasteiger partial charge in [-0.05, 0) is 48.7 Å². The number of rotatable bonds is 8. The molecule has 0 fully saturated rings. The number of hydrogen-bond donors (Lipinski definition) is 1. The molecule has 4 rings (SSSR count). The number of carbonyl (C=O) groups is 1. The Labute approximate surface area is 197 Å². The number of unbranched alkanes of at least 4 members (excludes halogenated alkanes) is 1. The molecule has 0 aliphatic carbocycles. The molecule has 0 unspecified atom stereocenters. The Morgan fingerprint density at radius 1 is 1.03 bits per heavy atom. The van der Waals surface area contributed by atoms with Crippen molar-refractivity contribution in [3.05, 3.63) is 93.8 Å². The number of halogens is 1. The fraction of sp³-hybridized carbons (Fsp3) is 0.185. The summed E-state index contributed by atoms with van der Waals surface area (Å²) < 4.78 is 11.3. The third-order valence-electron chi connectivity index (χ3n) is 5.34. The summed E-state index contributed by atoms with van der Waals surface area (Å²) >= 11 is 6.23. The van der Waals surface area contributed by atoms with Crippen LogP contribution in [0.2, 0.25) is 5.02 Å². The number of nitrogens with one attached hydrogen (secondary N) is 1. The van der Waals surface area contributed by atoms with E-state index in [9.17, 15) is 9.59 Å². The molecule has 33 heavy (non-hydrogen) atoms. The van der Waals surface area contributed by atoms with Crippen LogP contribution in [0.15, 0.2) is 82.2 Å². The van der Waals surface area contributed by atoms with Crippen molar-refractivity contribution in [3.63, 3.8) is 0 Å². The van der Waals surface area contributed by atoms with Crippen molar-refractivity contribution >= 4 is 34.2 Å². The van der Waals surface area contributed by atoms with Gasteiger partial charge in [0.15, 0.2) is 6.61 Å². The smallest absolute Gasteiger partial charge is 0.262 e. The molecule has 0 saturated heterocycles. The average molecular weight is 462 g/mol. The van der Waals surface area contributed by atoms with E-state index in [2.05, 4.69) is 12.2 Å². The van der Waals surface area contributed by atoms with Gasteiger partial charge in [-0.2, -0.15) is 0 Å². The summed E-state index contributed by atoms with van der Waals surface area (Å²) in [5.41, 5.74) is 3.17. The van der Waals surface area contributed by atoms with Crippen molar-refractivity contribution < 1.29 is 13.9 Å². The van der Waals surface area contributed by atoms with Crippen LogP contribution in [0.3, 0.4) is 0 Å². The molecule has 168 valence electrons. The van der Waals surface area contributed by atoms with E-state index in [0.717, 1.165) is 24.9 Å².